The molecular formula is C21H28N4O3. The summed E-state index contributed by atoms with van der Waals surface area (Å²) in [6, 6.07) is 3.92. The molecule has 3 rings (SSSR count). The Labute approximate surface area is 165 Å². The first-order valence-corrected chi connectivity index (χ1v) is 9.39. The number of hydrogen-bond donors (Lipinski definition) is 2. The summed E-state index contributed by atoms with van der Waals surface area (Å²) in [5.41, 5.74) is 3.04. The van der Waals surface area contributed by atoms with Crippen molar-refractivity contribution in [2.75, 3.05) is 27.3 Å². The van der Waals surface area contributed by atoms with Crippen LogP contribution in [0.4, 0.5) is 0 Å². The summed E-state index contributed by atoms with van der Waals surface area (Å²) in [4.78, 5) is 12.8. The minimum atomic E-state index is -0.114. The largest absolute Gasteiger partial charge is 0.493 e. The Bertz CT molecular complexity index is 846. The van der Waals surface area contributed by atoms with Crippen LogP contribution in [0.15, 0.2) is 37.2 Å². The third-order valence-corrected chi connectivity index (χ3v) is 5.15. The van der Waals surface area contributed by atoms with Gasteiger partial charge < -0.3 is 20.1 Å². The van der Waals surface area contributed by atoms with Crippen molar-refractivity contribution >= 4 is 5.91 Å². The predicted octanol–water partition coefficient (Wildman–Crippen LogP) is 1.79. The van der Waals surface area contributed by atoms with E-state index in [2.05, 4.69) is 22.3 Å². The Hall–Kier alpha value is -2.80. The molecule has 150 valence electrons. The fraction of sp³-hybridized carbons (Fsp3) is 0.429. The zero-order chi connectivity index (χ0) is 20.1. The summed E-state index contributed by atoms with van der Waals surface area (Å²) in [6.07, 6.45) is 6.31. The highest BCUT2D eigenvalue weighted by atomic mass is 16.5. The molecule has 0 saturated carbocycles. The molecule has 7 heteroatoms. The SMILES string of the molecule is C=CCc1cc(CNC(=O)[C@H]2CNC[C@@H]2c2cnn(C)c2)cc(OC)c1OC. The number of amides is 1. The van der Waals surface area contributed by atoms with E-state index in [0.717, 1.165) is 23.2 Å². The molecule has 1 aliphatic heterocycles. The van der Waals surface area contributed by atoms with Crippen molar-refractivity contribution in [3.63, 3.8) is 0 Å². The molecule has 2 aromatic rings. The Morgan fingerprint density at radius 3 is 2.86 bits per heavy atom. The van der Waals surface area contributed by atoms with Crippen LogP contribution < -0.4 is 20.1 Å². The van der Waals surface area contributed by atoms with E-state index in [0.29, 0.717) is 31.0 Å². The van der Waals surface area contributed by atoms with E-state index >= 15 is 0 Å². The molecule has 1 fully saturated rings. The highest BCUT2D eigenvalue weighted by molar-refractivity contribution is 5.80. The van der Waals surface area contributed by atoms with Gasteiger partial charge in [-0.2, -0.15) is 5.10 Å². The molecule has 0 bridgehead atoms. The number of aromatic nitrogens is 2. The van der Waals surface area contributed by atoms with Crippen molar-refractivity contribution in [2.24, 2.45) is 13.0 Å². The van der Waals surface area contributed by atoms with Gasteiger partial charge in [-0.1, -0.05) is 6.08 Å². The van der Waals surface area contributed by atoms with Gasteiger partial charge in [0.25, 0.3) is 0 Å². The van der Waals surface area contributed by atoms with Crippen LogP contribution in [-0.4, -0.2) is 43.0 Å². The number of nitrogens with one attached hydrogen (secondary N) is 2. The second-order valence-electron chi connectivity index (χ2n) is 7.02. The molecule has 0 spiro atoms. The quantitative estimate of drug-likeness (QED) is 0.679. The van der Waals surface area contributed by atoms with Crippen LogP contribution in [0.3, 0.4) is 0 Å². The van der Waals surface area contributed by atoms with Crippen LogP contribution in [-0.2, 0) is 24.8 Å². The third kappa shape index (κ3) is 4.20. The van der Waals surface area contributed by atoms with Crippen molar-refractivity contribution in [3.8, 4) is 11.5 Å². The maximum atomic E-state index is 12.8. The van der Waals surface area contributed by atoms with Crippen LogP contribution in [0.2, 0.25) is 0 Å². The number of carbonyl (C=O) groups excluding carboxylic acids is 1. The second kappa shape index (κ2) is 8.93. The van der Waals surface area contributed by atoms with Gasteiger partial charge in [-0.05, 0) is 29.7 Å². The molecule has 1 aliphatic rings. The normalized spacial score (nSPS) is 18.7. The van der Waals surface area contributed by atoms with Crippen LogP contribution in [0.1, 0.15) is 22.6 Å². The van der Waals surface area contributed by atoms with E-state index < -0.39 is 0 Å². The van der Waals surface area contributed by atoms with E-state index in [1.54, 1.807) is 18.9 Å². The fourth-order valence-electron chi connectivity index (χ4n) is 3.77. The highest BCUT2D eigenvalue weighted by Crippen LogP contribution is 2.33. The van der Waals surface area contributed by atoms with Gasteiger partial charge in [-0.3, -0.25) is 9.48 Å². The molecule has 0 aliphatic carbocycles. The van der Waals surface area contributed by atoms with Crippen molar-refractivity contribution in [1.29, 1.82) is 0 Å². The van der Waals surface area contributed by atoms with Crippen LogP contribution >= 0.6 is 0 Å². The molecule has 2 N–H and O–H groups in total. The van der Waals surface area contributed by atoms with E-state index in [4.69, 9.17) is 9.47 Å². The van der Waals surface area contributed by atoms with Gasteiger partial charge in [-0.25, -0.2) is 0 Å². The number of methoxy groups -OCH3 is 2. The average Bonchev–Trinajstić information content (AvgIpc) is 3.34. The number of benzene rings is 1. The van der Waals surface area contributed by atoms with Gasteiger partial charge in [0.05, 0.1) is 26.3 Å². The Morgan fingerprint density at radius 2 is 2.21 bits per heavy atom. The number of nitrogens with zero attached hydrogens (tertiary/aromatic N) is 2. The molecule has 7 nitrogen and oxygen atoms in total. The molecule has 1 aromatic heterocycles. The summed E-state index contributed by atoms with van der Waals surface area (Å²) in [5, 5.41) is 10.6. The van der Waals surface area contributed by atoms with Crippen molar-refractivity contribution < 1.29 is 14.3 Å². The van der Waals surface area contributed by atoms with Gasteiger partial charge in [0.1, 0.15) is 0 Å². The number of aryl methyl sites for hydroxylation is 1. The Morgan fingerprint density at radius 1 is 1.39 bits per heavy atom. The molecule has 0 unspecified atom stereocenters. The zero-order valence-electron chi connectivity index (χ0n) is 16.7. The van der Waals surface area contributed by atoms with E-state index in [1.807, 2.05) is 37.7 Å². The number of rotatable bonds is 8. The molecule has 1 saturated heterocycles. The van der Waals surface area contributed by atoms with Gasteiger partial charge >= 0.3 is 0 Å². The number of hydrogen-bond acceptors (Lipinski definition) is 5. The predicted molar refractivity (Wildman–Crippen MR) is 108 cm³/mol. The lowest BCUT2D eigenvalue weighted by molar-refractivity contribution is -0.125. The van der Waals surface area contributed by atoms with Gasteiger partial charge in [0, 0.05) is 44.4 Å². The summed E-state index contributed by atoms with van der Waals surface area (Å²) in [6.45, 7) is 5.68. The second-order valence-corrected chi connectivity index (χ2v) is 7.02. The van der Waals surface area contributed by atoms with Crippen molar-refractivity contribution in [2.45, 2.75) is 18.9 Å². The maximum absolute atomic E-state index is 12.8. The molecule has 1 aromatic carbocycles. The van der Waals surface area contributed by atoms with E-state index in [1.165, 1.54) is 0 Å². The maximum Gasteiger partial charge on any atom is 0.225 e. The fourth-order valence-corrected chi connectivity index (χ4v) is 3.77. The summed E-state index contributed by atoms with van der Waals surface area (Å²) < 4.78 is 12.7. The first kappa shape index (κ1) is 19.9. The first-order chi connectivity index (χ1) is 13.6. The molecule has 28 heavy (non-hydrogen) atoms. The lowest BCUT2D eigenvalue weighted by Gasteiger charge is -2.18. The number of allylic oxidation sites excluding steroid dienone is 1. The molecule has 2 atom stereocenters. The monoisotopic (exact) mass is 384 g/mol. The summed E-state index contributed by atoms with van der Waals surface area (Å²) in [5.74, 6) is 1.42. The van der Waals surface area contributed by atoms with Gasteiger partial charge in [0.2, 0.25) is 5.91 Å². The smallest absolute Gasteiger partial charge is 0.225 e. The minimum Gasteiger partial charge on any atom is -0.493 e. The summed E-state index contributed by atoms with van der Waals surface area (Å²) in [7, 11) is 5.12. The van der Waals surface area contributed by atoms with Gasteiger partial charge in [-0.15, -0.1) is 6.58 Å². The van der Waals surface area contributed by atoms with Crippen LogP contribution in [0.5, 0.6) is 11.5 Å². The average molecular weight is 384 g/mol. The van der Waals surface area contributed by atoms with Gasteiger partial charge in [0.15, 0.2) is 11.5 Å². The zero-order valence-corrected chi connectivity index (χ0v) is 16.7. The standard InChI is InChI=1S/C21H28N4O3/c1-5-6-15-7-14(8-19(27-3)20(15)28-4)9-23-21(26)18-12-22-11-17(18)16-10-24-25(2)13-16/h5,7-8,10,13,17-18,22H,1,6,9,11-12H2,2-4H3,(H,23,26)/t17-,18+/m1/s1. The van der Waals surface area contributed by atoms with Crippen molar-refractivity contribution in [1.82, 2.24) is 20.4 Å². The topological polar surface area (TPSA) is 77.4 Å². The van der Waals surface area contributed by atoms with E-state index in [-0.39, 0.29) is 17.7 Å². The van der Waals surface area contributed by atoms with Crippen molar-refractivity contribution in [3.05, 3.63) is 53.9 Å². The first-order valence-electron chi connectivity index (χ1n) is 9.39. The summed E-state index contributed by atoms with van der Waals surface area (Å²) >= 11 is 0. The molecule has 2 heterocycles. The highest BCUT2D eigenvalue weighted by Gasteiger charge is 2.34. The Kier molecular flexibility index (Phi) is 6.36. The lowest BCUT2D eigenvalue weighted by atomic mass is 9.90. The molecule has 0 radical (unpaired) electrons. The Balaban J connectivity index is 1.71. The molecule has 1 amide bonds. The van der Waals surface area contributed by atoms with E-state index in [9.17, 15) is 4.79 Å². The third-order valence-electron chi connectivity index (χ3n) is 5.15. The minimum absolute atomic E-state index is 0.0407. The number of carbonyl (C=O) groups is 1. The van der Waals surface area contributed by atoms with Crippen LogP contribution in [0.25, 0.3) is 0 Å². The lowest BCUT2D eigenvalue weighted by Crippen LogP contribution is -2.34. The molecular weight excluding hydrogens is 356 g/mol. The van der Waals surface area contributed by atoms with Crippen LogP contribution in [0, 0.1) is 5.92 Å². The number of ether oxygens (including phenoxy) is 2.